The lowest BCUT2D eigenvalue weighted by Crippen LogP contribution is -2.40. The van der Waals surface area contributed by atoms with Gasteiger partial charge in [-0.05, 0) is 49.5 Å². The second kappa shape index (κ2) is 8.81. The molecule has 3 heteroatoms. The van der Waals surface area contributed by atoms with Gasteiger partial charge in [-0.3, -0.25) is 0 Å². The van der Waals surface area contributed by atoms with Crippen LogP contribution < -0.4 is 5.32 Å². The molecule has 0 amide bonds. The third kappa shape index (κ3) is 6.38. The molecule has 1 rings (SSSR count). The summed E-state index contributed by atoms with van der Waals surface area (Å²) in [6, 6.07) is 8.62. The maximum absolute atomic E-state index is 3.57. The number of halogens is 1. The minimum Gasteiger partial charge on any atom is -0.316 e. The van der Waals surface area contributed by atoms with Crippen molar-refractivity contribution in [2.24, 2.45) is 5.41 Å². The molecule has 114 valence electrons. The Morgan fingerprint density at radius 3 is 2.40 bits per heavy atom. The van der Waals surface area contributed by atoms with Gasteiger partial charge in [0.15, 0.2) is 0 Å². The summed E-state index contributed by atoms with van der Waals surface area (Å²) in [6.45, 7) is 11.2. The first kappa shape index (κ1) is 17.7. The molecule has 0 spiro atoms. The predicted octanol–water partition coefficient (Wildman–Crippen LogP) is 4.30. The first-order valence-corrected chi connectivity index (χ1v) is 8.42. The van der Waals surface area contributed by atoms with Crippen LogP contribution in [0.1, 0.15) is 39.2 Å². The summed E-state index contributed by atoms with van der Waals surface area (Å²) in [5, 5.41) is 3.57. The third-order valence-electron chi connectivity index (χ3n) is 3.85. The number of nitrogens with one attached hydrogen (secondary N) is 1. The summed E-state index contributed by atoms with van der Waals surface area (Å²) in [5.74, 6) is 0. The highest BCUT2D eigenvalue weighted by Gasteiger charge is 2.23. The van der Waals surface area contributed by atoms with E-state index < -0.39 is 0 Å². The van der Waals surface area contributed by atoms with Gasteiger partial charge in [0.05, 0.1) is 0 Å². The average molecular weight is 341 g/mol. The van der Waals surface area contributed by atoms with Gasteiger partial charge in [0.1, 0.15) is 0 Å². The van der Waals surface area contributed by atoms with Gasteiger partial charge in [-0.15, -0.1) is 0 Å². The Morgan fingerprint density at radius 1 is 1.20 bits per heavy atom. The standard InChI is InChI=1S/C17H29BrN2/c1-5-11-19-13-17(3,6-2)14-20(4)12-15-7-9-16(18)10-8-15/h7-10,19H,5-6,11-14H2,1-4H3. The van der Waals surface area contributed by atoms with Crippen molar-refractivity contribution in [1.82, 2.24) is 10.2 Å². The molecule has 0 fully saturated rings. The molecule has 2 nitrogen and oxygen atoms in total. The van der Waals surface area contributed by atoms with Crippen molar-refractivity contribution >= 4 is 15.9 Å². The van der Waals surface area contributed by atoms with Gasteiger partial charge in [-0.2, -0.15) is 0 Å². The molecule has 0 radical (unpaired) electrons. The third-order valence-corrected chi connectivity index (χ3v) is 4.38. The zero-order valence-electron chi connectivity index (χ0n) is 13.4. The molecule has 0 aliphatic heterocycles. The van der Waals surface area contributed by atoms with Gasteiger partial charge in [-0.1, -0.05) is 48.8 Å². The highest BCUT2D eigenvalue weighted by atomic mass is 79.9. The molecule has 0 aliphatic rings. The van der Waals surface area contributed by atoms with E-state index in [9.17, 15) is 0 Å². The summed E-state index contributed by atoms with van der Waals surface area (Å²) >= 11 is 3.49. The molecule has 0 aliphatic carbocycles. The molecule has 1 aromatic rings. The highest BCUT2D eigenvalue weighted by Crippen LogP contribution is 2.22. The van der Waals surface area contributed by atoms with Gasteiger partial charge in [0.25, 0.3) is 0 Å². The molecule has 1 atom stereocenters. The number of rotatable bonds is 9. The van der Waals surface area contributed by atoms with Gasteiger partial charge in [0, 0.05) is 24.1 Å². The van der Waals surface area contributed by atoms with E-state index in [4.69, 9.17) is 0 Å². The van der Waals surface area contributed by atoms with Crippen molar-refractivity contribution in [2.75, 3.05) is 26.7 Å². The maximum Gasteiger partial charge on any atom is 0.0230 e. The van der Waals surface area contributed by atoms with Crippen molar-refractivity contribution in [2.45, 2.75) is 40.2 Å². The summed E-state index contributed by atoms with van der Waals surface area (Å²) in [7, 11) is 2.22. The molecule has 20 heavy (non-hydrogen) atoms. The van der Waals surface area contributed by atoms with E-state index in [2.05, 4.69) is 78.2 Å². The average Bonchev–Trinajstić information content (AvgIpc) is 2.41. The summed E-state index contributed by atoms with van der Waals surface area (Å²) in [6.07, 6.45) is 2.41. The second-order valence-corrected chi connectivity index (χ2v) is 7.06. The fourth-order valence-corrected chi connectivity index (χ4v) is 2.73. The van der Waals surface area contributed by atoms with Crippen LogP contribution in [-0.2, 0) is 6.54 Å². The minimum atomic E-state index is 0.347. The van der Waals surface area contributed by atoms with Crippen LogP contribution in [0.25, 0.3) is 0 Å². The van der Waals surface area contributed by atoms with Crippen LogP contribution in [0.2, 0.25) is 0 Å². The lowest BCUT2D eigenvalue weighted by molar-refractivity contribution is 0.175. The Kier molecular flexibility index (Phi) is 7.78. The quantitative estimate of drug-likeness (QED) is 0.674. The van der Waals surface area contributed by atoms with Gasteiger partial charge >= 0.3 is 0 Å². The number of nitrogens with zero attached hydrogens (tertiary/aromatic N) is 1. The fraction of sp³-hybridized carbons (Fsp3) is 0.647. The van der Waals surface area contributed by atoms with Crippen LogP contribution in [0, 0.1) is 5.41 Å². The molecular formula is C17H29BrN2. The van der Waals surface area contributed by atoms with Gasteiger partial charge in [-0.25, -0.2) is 0 Å². The zero-order chi connectivity index (χ0) is 15.0. The van der Waals surface area contributed by atoms with Crippen molar-refractivity contribution in [1.29, 1.82) is 0 Å². The normalized spacial score (nSPS) is 14.5. The zero-order valence-corrected chi connectivity index (χ0v) is 15.0. The molecule has 0 heterocycles. The molecule has 1 unspecified atom stereocenters. The molecule has 0 bridgehead atoms. The van der Waals surface area contributed by atoms with E-state index in [0.29, 0.717) is 5.41 Å². The van der Waals surface area contributed by atoms with Crippen LogP contribution in [0.5, 0.6) is 0 Å². The summed E-state index contributed by atoms with van der Waals surface area (Å²) in [5.41, 5.74) is 1.72. The Balaban J connectivity index is 2.49. The number of hydrogen-bond acceptors (Lipinski definition) is 2. The Morgan fingerprint density at radius 2 is 1.85 bits per heavy atom. The van der Waals surface area contributed by atoms with Crippen LogP contribution in [0.4, 0.5) is 0 Å². The molecule has 1 aromatic carbocycles. The fourth-order valence-electron chi connectivity index (χ4n) is 2.47. The highest BCUT2D eigenvalue weighted by molar-refractivity contribution is 9.10. The van der Waals surface area contributed by atoms with Crippen molar-refractivity contribution in [3.63, 3.8) is 0 Å². The SMILES string of the molecule is CCCNCC(C)(CC)CN(C)Cc1ccc(Br)cc1. The first-order valence-electron chi connectivity index (χ1n) is 7.63. The topological polar surface area (TPSA) is 15.3 Å². The van der Waals surface area contributed by atoms with Crippen LogP contribution >= 0.6 is 15.9 Å². The van der Waals surface area contributed by atoms with Crippen molar-refractivity contribution in [3.05, 3.63) is 34.3 Å². The van der Waals surface area contributed by atoms with E-state index in [-0.39, 0.29) is 0 Å². The molecular weight excluding hydrogens is 312 g/mol. The predicted molar refractivity (Wildman–Crippen MR) is 92.0 cm³/mol. The van der Waals surface area contributed by atoms with Crippen LogP contribution in [0.3, 0.4) is 0 Å². The lowest BCUT2D eigenvalue weighted by atomic mass is 9.86. The van der Waals surface area contributed by atoms with E-state index in [1.807, 2.05) is 0 Å². The molecule has 0 aromatic heterocycles. The molecule has 1 N–H and O–H groups in total. The van der Waals surface area contributed by atoms with Crippen LogP contribution in [-0.4, -0.2) is 31.6 Å². The Hall–Kier alpha value is -0.380. The maximum atomic E-state index is 3.57. The van der Waals surface area contributed by atoms with E-state index in [0.717, 1.165) is 30.7 Å². The molecule has 0 saturated heterocycles. The van der Waals surface area contributed by atoms with Gasteiger partial charge < -0.3 is 10.2 Å². The van der Waals surface area contributed by atoms with Crippen molar-refractivity contribution < 1.29 is 0 Å². The van der Waals surface area contributed by atoms with E-state index in [1.165, 1.54) is 18.4 Å². The second-order valence-electron chi connectivity index (χ2n) is 6.14. The van der Waals surface area contributed by atoms with Crippen LogP contribution in [0.15, 0.2) is 28.7 Å². The van der Waals surface area contributed by atoms with Crippen molar-refractivity contribution in [3.8, 4) is 0 Å². The number of benzene rings is 1. The smallest absolute Gasteiger partial charge is 0.0230 e. The first-order chi connectivity index (χ1) is 9.49. The Labute approximate surface area is 133 Å². The largest absolute Gasteiger partial charge is 0.316 e. The summed E-state index contributed by atoms with van der Waals surface area (Å²) in [4.78, 5) is 2.43. The Bertz CT molecular complexity index is 377. The molecule has 0 saturated carbocycles. The minimum absolute atomic E-state index is 0.347. The van der Waals surface area contributed by atoms with Gasteiger partial charge in [0.2, 0.25) is 0 Å². The monoisotopic (exact) mass is 340 g/mol. The van der Waals surface area contributed by atoms with E-state index in [1.54, 1.807) is 0 Å². The lowest BCUT2D eigenvalue weighted by Gasteiger charge is -2.33. The number of hydrogen-bond donors (Lipinski definition) is 1. The van der Waals surface area contributed by atoms with E-state index >= 15 is 0 Å². The summed E-state index contributed by atoms with van der Waals surface area (Å²) < 4.78 is 1.14.